The van der Waals surface area contributed by atoms with E-state index in [9.17, 15) is 0 Å². The highest BCUT2D eigenvalue weighted by atomic mass is 15.2. The number of hydrogen-bond donors (Lipinski definition) is 1. The first-order chi connectivity index (χ1) is 12.2. The van der Waals surface area contributed by atoms with Crippen LogP contribution in [-0.2, 0) is 6.54 Å². The van der Waals surface area contributed by atoms with Gasteiger partial charge in [0.2, 0.25) is 0 Å². The number of pyridine rings is 1. The molecule has 0 atom stereocenters. The van der Waals surface area contributed by atoms with Crippen molar-refractivity contribution in [2.24, 2.45) is 0 Å². The summed E-state index contributed by atoms with van der Waals surface area (Å²) in [6, 6.07) is 2.71. The minimum Gasteiger partial charge on any atom is -0.355 e. The van der Waals surface area contributed by atoms with Crippen molar-refractivity contribution in [3.8, 4) is 0 Å². The molecule has 0 saturated carbocycles. The molecule has 1 fully saturated rings. The monoisotopic (exact) mass is 337 g/mol. The zero-order valence-electron chi connectivity index (χ0n) is 14.7. The quantitative estimate of drug-likeness (QED) is 0.786. The number of nitrogens with one attached hydrogen (secondary N) is 1. The number of nitrogens with zero attached hydrogens (tertiary/aromatic N) is 6. The van der Waals surface area contributed by atoms with Gasteiger partial charge in [-0.1, -0.05) is 0 Å². The highest BCUT2D eigenvalue weighted by Crippen LogP contribution is 2.25. The normalized spacial score (nSPS) is 16.0. The second-order valence-electron chi connectivity index (χ2n) is 6.73. The number of fused-ring (bicyclic) bond motifs is 1. The first-order valence-electron chi connectivity index (χ1n) is 8.71. The van der Waals surface area contributed by atoms with E-state index in [-0.39, 0.29) is 0 Å². The Morgan fingerprint density at radius 1 is 1.24 bits per heavy atom. The number of aryl methyl sites for hydroxylation is 1. The maximum atomic E-state index is 4.48. The lowest BCUT2D eigenvalue weighted by Gasteiger charge is -2.37. The average molecular weight is 337 g/mol. The van der Waals surface area contributed by atoms with E-state index in [4.69, 9.17) is 0 Å². The van der Waals surface area contributed by atoms with E-state index in [1.807, 2.05) is 12.4 Å². The number of H-pyrrole nitrogens is 1. The molecule has 130 valence electrons. The van der Waals surface area contributed by atoms with E-state index in [0.29, 0.717) is 6.04 Å². The molecule has 4 rings (SSSR count). The number of aromatic nitrogens is 5. The summed E-state index contributed by atoms with van der Waals surface area (Å²) in [5, 5.41) is 0. The van der Waals surface area contributed by atoms with E-state index in [0.717, 1.165) is 49.5 Å². The molecule has 25 heavy (non-hydrogen) atoms. The Morgan fingerprint density at radius 2 is 2.08 bits per heavy atom. The van der Waals surface area contributed by atoms with Crippen LogP contribution in [0.4, 0.5) is 5.82 Å². The van der Waals surface area contributed by atoms with Gasteiger partial charge in [0, 0.05) is 38.1 Å². The van der Waals surface area contributed by atoms with Gasteiger partial charge in [0.15, 0.2) is 11.5 Å². The molecule has 1 aliphatic heterocycles. The van der Waals surface area contributed by atoms with E-state index in [2.05, 4.69) is 54.8 Å². The van der Waals surface area contributed by atoms with Crippen molar-refractivity contribution in [1.29, 1.82) is 0 Å². The van der Waals surface area contributed by atoms with Crippen LogP contribution >= 0.6 is 0 Å². The fraction of sp³-hybridized carbons (Fsp3) is 0.444. The van der Waals surface area contributed by atoms with Gasteiger partial charge in [-0.3, -0.25) is 9.88 Å². The van der Waals surface area contributed by atoms with Crippen molar-refractivity contribution in [2.45, 2.75) is 32.4 Å². The molecule has 0 aromatic carbocycles. The Morgan fingerprint density at radius 3 is 2.88 bits per heavy atom. The molecule has 0 aliphatic carbocycles. The maximum Gasteiger partial charge on any atom is 0.182 e. The smallest absolute Gasteiger partial charge is 0.182 e. The summed E-state index contributed by atoms with van der Waals surface area (Å²) in [4.78, 5) is 25.1. The number of anilines is 1. The summed E-state index contributed by atoms with van der Waals surface area (Å²) in [6.07, 6.45) is 9.35. The third-order valence-corrected chi connectivity index (χ3v) is 5.15. The highest BCUT2D eigenvalue weighted by Gasteiger charge is 2.25. The van der Waals surface area contributed by atoms with Crippen LogP contribution in [0.3, 0.4) is 0 Å². The number of rotatable bonds is 4. The van der Waals surface area contributed by atoms with Crippen LogP contribution in [0.2, 0.25) is 0 Å². The van der Waals surface area contributed by atoms with Crippen molar-refractivity contribution < 1.29 is 0 Å². The van der Waals surface area contributed by atoms with Gasteiger partial charge >= 0.3 is 0 Å². The summed E-state index contributed by atoms with van der Waals surface area (Å²) >= 11 is 0. The Balaban J connectivity index is 1.41. The topological polar surface area (TPSA) is 73.8 Å². The standard InChI is InChI=1S/C18H23N7/c1-13-9-19-6-3-14(13)10-24(2)15-4-7-25(8-5-15)18-16-17(21-11-20-16)22-12-23-18/h3,6,9,11-12,15H,4-5,7-8,10H2,1-2H3,(H,20,21,22,23). The highest BCUT2D eigenvalue weighted by molar-refractivity contribution is 5.82. The largest absolute Gasteiger partial charge is 0.355 e. The van der Waals surface area contributed by atoms with Crippen LogP contribution in [0.25, 0.3) is 11.2 Å². The van der Waals surface area contributed by atoms with Crippen LogP contribution in [0.1, 0.15) is 24.0 Å². The molecule has 0 bridgehead atoms. The lowest BCUT2D eigenvalue weighted by molar-refractivity contribution is 0.200. The fourth-order valence-corrected chi connectivity index (χ4v) is 3.59. The minimum absolute atomic E-state index is 0.586. The molecule has 0 radical (unpaired) electrons. The molecule has 1 aliphatic rings. The molecule has 3 aromatic rings. The zero-order valence-corrected chi connectivity index (χ0v) is 14.7. The summed E-state index contributed by atoms with van der Waals surface area (Å²) < 4.78 is 0. The molecule has 4 heterocycles. The molecule has 0 amide bonds. The first kappa shape index (κ1) is 16.0. The van der Waals surface area contributed by atoms with Crippen molar-refractivity contribution in [3.05, 3.63) is 42.2 Å². The lowest BCUT2D eigenvalue weighted by Crippen LogP contribution is -2.43. The summed E-state index contributed by atoms with van der Waals surface area (Å²) in [5.41, 5.74) is 4.28. The van der Waals surface area contributed by atoms with Crippen LogP contribution in [0.5, 0.6) is 0 Å². The average Bonchev–Trinajstić information content (AvgIpc) is 3.12. The number of hydrogen-bond acceptors (Lipinski definition) is 6. The third-order valence-electron chi connectivity index (χ3n) is 5.15. The molecule has 7 heteroatoms. The zero-order chi connectivity index (χ0) is 17.2. The molecule has 0 unspecified atom stereocenters. The number of piperidine rings is 1. The summed E-state index contributed by atoms with van der Waals surface area (Å²) in [6.45, 7) is 5.09. The van der Waals surface area contributed by atoms with Gasteiger partial charge < -0.3 is 9.88 Å². The Hall–Kier alpha value is -2.54. The first-order valence-corrected chi connectivity index (χ1v) is 8.71. The minimum atomic E-state index is 0.586. The predicted octanol–water partition coefficient (Wildman–Crippen LogP) is 2.16. The van der Waals surface area contributed by atoms with Crippen molar-refractivity contribution in [3.63, 3.8) is 0 Å². The molecule has 1 N–H and O–H groups in total. The molecule has 7 nitrogen and oxygen atoms in total. The van der Waals surface area contributed by atoms with E-state index in [1.54, 1.807) is 12.7 Å². The number of aromatic amines is 1. The van der Waals surface area contributed by atoms with Gasteiger partial charge in [0.1, 0.15) is 11.8 Å². The molecule has 3 aromatic heterocycles. The van der Waals surface area contributed by atoms with Crippen molar-refractivity contribution >= 4 is 17.0 Å². The van der Waals surface area contributed by atoms with E-state index < -0.39 is 0 Å². The van der Waals surface area contributed by atoms with Gasteiger partial charge in [-0.15, -0.1) is 0 Å². The predicted molar refractivity (Wildman–Crippen MR) is 97.4 cm³/mol. The number of imidazole rings is 1. The van der Waals surface area contributed by atoms with E-state index in [1.165, 1.54) is 11.1 Å². The second kappa shape index (κ2) is 6.76. The summed E-state index contributed by atoms with van der Waals surface area (Å²) in [7, 11) is 2.22. The van der Waals surface area contributed by atoms with Crippen molar-refractivity contribution in [1.82, 2.24) is 29.8 Å². The van der Waals surface area contributed by atoms with Gasteiger partial charge in [0.05, 0.1) is 6.33 Å². The Labute approximate surface area is 147 Å². The Kier molecular flexibility index (Phi) is 4.31. The molecule has 0 spiro atoms. The van der Waals surface area contributed by atoms with Crippen LogP contribution < -0.4 is 4.90 Å². The third kappa shape index (κ3) is 3.19. The van der Waals surface area contributed by atoms with Crippen molar-refractivity contribution in [2.75, 3.05) is 25.0 Å². The SMILES string of the molecule is Cc1cnccc1CN(C)C1CCN(c2ncnc3nc[nH]c23)CC1. The molecule has 1 saturated heterocycles. The van der Waals surface area contributed by atoms with Crippen LogP contribution in [0.15, 0.2) is 31.1 Å². The lowest BCUT2D eigenvalue weighted by atomic mass is 10.0. The van der Waals surface area contributed by atoms with Gasteiger partial charge in [-0.2, -0.15) is 0 Å². The Bertz CT molecular complexity index is 851. The van der Waals surface area contributed by atoms with E-state index >= 15 is 0 Å². The van der Waals surface area contributed by atoms with Gasteiger partial charge in [-0.25, -0.2) is 15.0 Å². The molecular formula is C18H23N7. The van der Waals surface area contributed by atoms with Gasteiger partial charge in [0.25, 0.3) is 0 Å². The van der Waals surface area contributed by atoms with Gasteiger partial charge in [-0.05, 0) is 44.0 Å². The maximum absolute atomic E-state index is 4.48. The van der Waals surface area contributed by atoms with Crippen LogP contribution in [0, 0.1) is 6.92 Å². The van der Waals surface area contributed by atoms with Crippen LogP contribution in [-0.4, -0.2) is 56.0 Å². The molecular weight excluding hydrogens is 314 g/mol. The second-order valence-corrected chi connectivity index (χ2v) is 6.73. The summed E-state index contributed by atoms with van der Waals surface area (Å²) in [5.74, 6) is 0.966. The fourth-order valence-electron chi connectivity index (χ4n) is 3.59.